The van der Waals surface area contributed by atoms with Crippen LogP contribution in [0.1, 0.15) is 68.9 Å². The van der Waals surface area contributed by atoms with E-state index in [-0.39, 0.29) is 44.5 Å². The number of para-hydroxylation sites is 1. The Bertz CT molecular complexity index is 2500. The Morgan fingerprint density at radius 2 is 1.97 bits per heavy atom. The first-order valence-corrected chi connectivity index (χ1v) is 21.2. The smallest absolute Gasteiger partial charge is 0.308 e. The Morgan fingerprint density at radius 1 is 1.15 bits per heavy atom. The number of H-pyrrole nitrogens is 1. The number of hydrogen-bond acceptors (Lipinski definition) is 13. The summed E-state index contributed by atoms with van der Waals surface area (Å²) in [5, 5.41) is 15.7. The number of carbonyl (C=O) groups excluding carboxylic acids is 2. The molecule has 8 heterocycles. The zero-order valence-electron chi connectivity index (χ0n) is 33.8. The lowest BCUT2D eigenvalue weighted by molar-refractivity contribution is -0.133. The summed E-state index contributed by atoms with van der Waals surface area (Å²) in [7, 11) is 3.75. The van der Waals surface area contributed by atoms with Gasteiger partial charge in [0.2, 0.25) is 6.79 Å². The number of benzene rings is 3. The topological polar surface area (TPSA) is 148 Å². The number of thioether (sulfide) groups is 1. The summed E-state index contributed by atoms with van der Waals surface area (Å²) in [6, 6.07) is 10.9. The van der Waals surface area contributed by atoms with Crippen LogP contribution >= 0.6 is 11.8 Å². The van der Waals surface area contributed by atoms with E-state index in [1.54, 1.807) is 24.9 Å². The molecule has 0 radical (unpaired) electrons. The number of ketones is 1. The average Bonchev–Trinajstić information content (AvgIpc) is 3.86. The number of rotatable bonds is 5. The number of aryl methyl sites for hydroxylation is 1. The highest BCUT2D eigenvalue weighted by atomic mass is 32.2. The Morgan fingerprint density at radius 3 is 2.75 bits per heavy atom. The summed E-state index contributed by atoms with van der Waals surface area (Å²) in [5.41, 5.74) is 6.99. The molecule has 0 aliphatic carbocycles. The molecule has 0 amide bonds. The third-order valence-corrected chi connectivity index (χ3v) is 14.9. The van der Waals surface area contributed by atoms with Crippen LogP contribution in [-0.4, -0.2) is 97.7 Å². The highest BCUT2D eigenvalue weighted by Crippen LogP contribution is 2.64. The molecule has 3 aromatic carbocycles. The van der Waals surface area contributed by atoms with E-state index in [1.807, 2.05) is 32.0 Å². The van der Waals surface area contributed by atoms with Crippen LogP contribution in [0, 0.1) is 25.2 Å². The molecule has 4 aromatic rings. The fourth-order valence-electron chi connectivity index (χ4n) is 11.1. The third kappa shape index (κ3) is 5.44. The van der Waals surface area contributed by atoms with Crippen LogP contribution in [-0.2, 0) is 32.7 Å². The molecule has 2 saturated heterocycles. The van der Waals surface area contributed by atoms with Gasteiger partial charge in [-0.05, 0) is 56.5 Å². The lowest BCUT2D eigenvalue weighted by Gasteiger charge is -2.61. The second kappa shape index (κ2) is 14.3. The number of aromatic nitrogens is 1. The number of esters is 1. The van der Waals surface area contributed by atoms with Crippen LogP contribution in [0.4, 0.5) is 0 Å². The summed E-state index contributed by atoms with van der Waals surface area (Å²) < 4.78 is 38.0. The Hall–Kier alpha value is -5.04. The fraction of sp³-hybridized carbons (Fsp3) is 0.444. The summed E-state index contributed by atoms with van der Waals surface area (Å²) in [6.07, 6.45) is 3.08. The molecule has 1 spiro atoms. The second-order valence-electron chi connectivity index (χ2n) is 16.4. The zero-order chi connectivity index (χ0) is 40.9. The van der Waals surface area contributed by atoms with Crippen LogP contribution in [0.15, 0.2) is 43.0 Å². The first-order chi connectivity index (χ1) is 28.6. The zero-order valence-corrected chi connectivity index (χ0v) is 34.6. The van der Waals surface area contributed by atoms with Crippen molar-refractivity contribution in [3.8, 4) is 34.8 Å². The van der Waals surface area contributed by atoms with Gasteiger partial charge in [-0.25, -0.2) is 0 Å². The van der Waals surface area contributed by atoms with Gasteiger partial charge in [0.05, 0.1) is 37.1 Å². The first kappa shape index (κ1) is 38.2. The van der Waals surface area contributed by atoms with Crippen molar-refractivity contribution >= 4 is 34.4 Å². The van der Waals surface area contributed by atoms with Crippen LogP contribution in [0.5, 0.6) is 28.7 Å². The Kier molecular flexibility index (Phi) is 9.26. The molecule has 11 rings (SSSR count). The highest BCUT2D eigenvalue weighted by molar-refractivity contribution is 7.99. The normalized spacial score (nSPS) is 28.2. The molecule has 14 heteroatoms. The molecule has 7 atom stereocenters. The molecule has 7 aliphatic heterocycles. The Labute approximate surface area is 346 Å². The van der Waals surface area contributed by atoms with Gasteiger partial charge in [0.1, 0.15) is 30.5 Å². The highest BCUT2D eigenvalue weighted by Gasteiger charge is 2.61. The van der Waals surface area contributed by atoms with E-state index in [4.69, 9.17) is 28.4 Å². The van der Waals surface area contributed by atoms with Gasteiger partial charge >= 0.3 is 5.97 Å². The minimum atomic E-state index is -1.14. The van der Waals surface area contributed by atoms with Crippen molar-refractivity contribution in [2.24, 2.45) is 0 Å². The molecule has 7 aliphatic rings. The SMILES string of the molecule is C=CCOc1c(OC)c(C)cc2c1[C@@H]1C3[C@@H]4SC[C@]5(NCCc6c5[nH]c5ccccc65)C(=O)COC[C@@H](c5c6c(c(C)c(OC(C)=O)c54)OCO6)N3[C@@H](C#N)[C@H](C2)N1C. The number of nitrogens with zero attached hydrogens (tertiary/aromatic N) is 3. The summed E-state index contributed by atoms with van der Waals surface area (Å²) in [4.78, 5) is 36.4. The van der Waals surface area contributed by atoms with E-state index in [2.05, 4.69) is 51.9 Å². The quantitative estimate of drug-likeness (QED) is 0.145. The molecule has 59 heavy (non-hydrogen) atoms. The van der Waals surface area contributed by atoms with Gasteiger partial charge < -0.3 is 33.4 Å². The van der Waals surface area contributed by atoms with Gasteiger partial charge in [-0.15, -0.1) is 11.8 Å². The lowest BCUT2D eigenvalue weighted by Crippen LogP contribution is -2.69. The average molecular weight is 818 g/mol. The molecule has 1 aromatic heterocycles. The van der Waals surface area contributed by atoms with Crippen LogP contribution in [0.3, 0.4) is 0 Å². The monoisotopic (exact) mass is 817 g/mol. The van der Waals surface area contributed by atoms with Gasteiger partial charge in [0.25, 0.3) is 0 Å². The molecule has 2 N–H and O–H groups in total. The minimum absolute atomic E-state index is 0.0121. The third-order valence-electron chi connectivity index (χ3n) is 13.4. The maximum atomic E-state index is 15.0. The lowest BCUT2D eigenvalue weighted by atomic mass is 9.71. The van der Waals surface area contributed by atoms with E-state index in [0.717, 1.165) is 56.4 Å². The molecular formula is C45H47N5O8S. The van der Waals surface area contributed by atoms with Crippen molar-refractivity contribution in [3.63, 3.8) is 0 Å². The van der Waals surface area contributed by atoms with Gasteiger partial charge in [-0.2, -0.15) is 5.26 Å². The van der Waals surface area contributed by atoms with Crippen molar-refractivity contribution in [1.29, 1.82) is 5.26 Å². The van der Waals surface area contributed by atoms with Crippen molar-refractivity contribution in [2.75, 3.05) is 53.1 Å². The predicted molar refractivity (Wildman–Crippen MR) is 221 cm³/mol. The number of ether oxygens (including phenoxy) is 6. The molecule has 1 unspecified atom stereocenters. The maximum absolute atomic E-state index is 15.0. The number of aromatic amines is 1. The number of likely N-dealkylation sites (N-methyl/N-ethyl adjacent to an activating group) is 1. The molecule has 4 bridgehead atoms. The largest absolute Gasteiger partial charge is 0.493 e. The van der Waals surface area contributed by atoms with Gasteiger partial charge in [0, 0.05) is 70.2 Å². The number of methoxy groups -OCH3 is 1. The summed E-state index contributed by atoms with van der Waals surface area (Å²) >= 11 is 1.63. The van der Waals surface area contributed by atoms with E-state index in [0.29, 0.717) is 53.0 Å². The number of nitriles is 1. The van der Waals surface area contributed by atoms with Crippen LogP contribution in [0.25, 0.3) is 10.9 Å². The van der Waals surface area contributed by atoms with Gasteiger partial charge in [-0.1, -0.05) is 36.9 Å². The molecule has 2 fully saturated rings. The van der Waals surface area contributed by atoms with E-state index in [1.165, 1.54) is 6.92 Å². The Balaban J connectivity index is 1.26. The van der Waals surface area contributed by atoms with Crippen LogP contribution in [0.2, 0.25) is 0 Å². The molecule has 306 valence electrons. The number of piperazine rings is 1. The van der Waals surface area contributed by atoms with Crippen molar-refractivity contribution < 1.29 is 38.0 Å². The fourth-order valence-corrected chi connectivity index (χ4v) is 12.8. The van der Waals surface area contributed by atoms with E-state index in [9.17, 15) is 14.9 Å². The number of fused-ring (bicyclic) bond motifs is 12. The van der Waals surface area contributed by atoms with E-state index < -0.39 is 34.9 Å². The second-order valence-corrected chi connectivity index (χ2v) is 17.5. The number of hydrogen-bond donors (Lipinski definition) is 2. The van der Waals surface area contributed by atoms with Crippen molar-refractivity contribution in [2.45, 2.75) is 74.6 Å². The van der Waals surface area contributed by atoms with Gasteiger partial charge in [-0.3, -0.25) is 24.7 Å². The summed E-state index contributed by atoms with van der Waals surface area (Å²) in [6.45, 7) is 10.00. The number of nitrogens with one attached hydrogen (secondary N) is 2. The van der Waals surface area contributed by atoms with Crippen molar-refractivity contribution in [1.82, 2.24) is 20.1 Å². The minimum Gasteiger partial charge on any atom is -0.493 e. The predicted octanol–water partition coefficient (Wildman–Crippen LogP) is 5.66. The van der Waals surface area contributed by atoms with Crippen molar-refractivity contribution in [3.05, 3.63) is 87.6 Å². The van der Waals surface area contributed by atoms with Crippen LogP contribution < -0.4 is 29.0 Å². The standard InChI is InChI=1S/C45H47N5O8S/c1-7-14-55-41-33-25(15-22(2)38(41)53-6)16-29-30(17-46)50-31-18-54-19-32(52)45(44-27(12-13-47-45)26-10-8-9-11-28(26)48-44)20-59-43(37(50)36(33)49(29)5)35-34(31)42-40(56-21-57-42)23(3)39(35)58-24(4)51/h7-11,15,29-31,36-37,43,47-48H,1,12-14,16,18-21H2,2-6H3/t29-,30-,31-,36+,37?,43+,45-/m0/s1. The summed E-state index contributed by atoms with van der Waals surface area (Å²) in [5.74, 6) is 2.49. The molecule has 0 saturated carbocycles. The first-order valence-electron chi connectivity index (χ1n) is 20.2. The number of Topliss-reactive ketones (excluding diaryl/α,β-unsaturated/α-hetero) is 1. The molecule has 13 nitrogen and oxygen atoms in total. The maximum Gasteiger partial charge on any atom is 0.308 e. The van der Waals surface area contributed by atoms with E-state index >= 15 is 0 Å². The number of carbonyl (C=O) groups is 2. The van der Waals surface area contributed by atoms with Gasteiger partial charge in [0.15, 0.2) is 28.8 Å². The molecular weight excluding hydrogens is 771 g/mol.